The molecule has 1 amide bonds. The highest BCUT2D eigenvalue weighted by Gasteiger charge is 2.12. The molecular weight excluding hydrogens is 230 g/mol. The lowest BCUT2D eigenvalue weighted by molar-refractivity contribution is -0.131. The summed E-state index contributed by atoms with van der Waals surface area (Å²) in [5.74, 6) is 0.836. The van der Waals surface area contributed by atoms with Gasteiger partial charge in [-0.1, -0.05) is 19.1 Å². The van der Waals surface area contributed by atoms with Gasteiger partial charge in [0.15, 0.2) is 0 Å². The van der Waals surface area contributed by atoms with E-state index in [0.29, 0.717) is 19.5 Å². The summed E-state index contributed by atoms with van der Waals surface area (Å²) in [6.07, 6.45) is 1.26. The first kappa shape index (κ1) is 14.5. The molecule has 1 aromatic carbocycles. The van der Waals surface area contributed by atoms with Crippen LogP contribution >= 0.6 is 0 Å². The van der Waals surface area contributed by atoms with Gasteiger partial charge in [0.2, 0.25) is 5.91 Å². The van der Waals surface area contributed by atoms with E-state index < -0.39 is 0 Å². The average molecular weight is 251 g/mol. The third kappa shape index (κ3) is 4.37. The van der Waals surface area contributed by atoms with Gasteiger partial charge in [-0.05, 0) is 24.1 Å². The maximum absolute atomic E-state index is 12.0. The van der Waals surface area contributed by atoms with E-state index in [1.807, 2.05) is 31.2 Å². The number of hydrogen-bond acceptors (Lipinski definition) is 3. The van der Waals surface area contributed by atoms with Gasteiger partial charge in [0.05, 0.1) is 20.1 Å². The fourth-order valence-electron chi connectivity index (χ4n) is 1.78. The van der Waals surface area contributed by atoms with Crippen molar-refractivity contribution in [1.29, 1.82) is 0 Å². The molecule has 0 spiro atoms. The van der Waals surface area contributed by atoms with Gasteiger partial charge in [0, 0.05) is 13.1 Å². The van der Waals surface area contributed by atoms with Gasteiger partial charge in [-0.15, -0.1) is 0 Å². The second-order valence-corrected chi connectivity index (χ2v) is 4.13. The molecule has 4 heteroatoms. The molecule has 18 heavy (non-hydrogen) atoms. The zero-order valence-corrected chi connectivity index (χ0v) is 11.1. The molecule has 0 unspecified atom stereocenters. The predicted molar refractivity (Wildman–Crippen MR) is 70.7 cm³/mol. The van der Waals surface area contributed by atoms with Gasteiger partial charge < -0.3 is 14.7 Å². The minimum absolute atomic E-state index is 0.00829. The Bertz CT molecular complexity index is 356. The Labute approximate surface area is 108 Å². The van der Waals surface area contributed by atoms with Crippen LogP contribution in [0.1, 0.15) is 18.9 Å². The van der Waals surface area contributed by atoms with Crippen LogP contribution in [0, 0.1) is 0 Å². The summed E-state index contributed by atoms with van der Waals surface area (Å²) < 4.78 is 5.07. The number of amides is 1. The first-order chi connectivity index (χ1) is 8.71. The van der Waals surface area contributed by atoms with E-state index in [2.05, 4.69) is 0 Å². The molecule has 0 aliphatic carbocycles. The van der Waals surface area contributed by atoms with Gasteiger partial charge in [-0.3, -0.25) is 4.79 Å². The van der Waals surface area contributed by atoms with Crippen LogP contribution in [0.2, 0.25) is 0 Å². The van der Waals surface area contributed by atoms with Crippen LogP contribution < -0.4 is 4.74 Å². The molecule has 0 heterocycles. The summed E-state index contributed by atoms with van der Waals surface area (Å²) in [5.41, 5.74) is 0.958. The predicted octanol–water partition coefficient (Wildman–Crippen LogP) is 1.47. The van der Waals surface area contributed by atoms with Crippen molar-refractivity contribution in [3.8, 4) is 5.75 Å². The summed E-state index contributed by atoms with van der Waals surface area (Å²) in [6, 6.07) is 7.47. The van der Waals surface area contributed by atoms with Crippen molar-refractivity contribution >= 4 is 5.91 Å². The fourth-order valence-corrected chi connectivity index (χ4v) is 1.78. The largest absolute Gasteiger partial charge is 0.497 e. The molecule has 1 aromatic rings. The van der Waals surface area contributed by atoms with Crippen LogP contribution in [-0.4, -0.2) is 42.7 Å². The maximum atomic E-state index is 12.0. The first-order valence-corrected chi connectivity index (χ1v) is 6.22. The summed E-state index contributed by atoms with van der Waals surface area (Å²) in [7, 11) is 1.62. The molecular formula is C14H21NO3. The molecule has 0 fully saturated rings. The van der Waals surface area contributed by atoms with E-state index in [1.165, 1.54) is 0 Å². The molecule has 1 N–H and O–H groups in total. The Kier molecular flexibility index (Phi) is 6.22. The van der Waals surface area contributed by atoms with Crippen molar-refractivity contribution in [2.45, 2.75) is 19.8 Å². The lowest BCUT2D eigenvalue weighted by Crippen LogP contribution is -2.35. The van der Waals surface area contributed by atoms with Crippen molar-refractivity contribution in [2.75, 3.05) is 26.8 Å². The Hall–Kier alpha value is -1.55. The monoisotopic (exact) mass is 251 g/mol. The van der Waals surface area contributed by atoms with E-state index in [-0.39, 0.29) is 12.5 Å². The van der Waals surface area contributed by atoms with Crippen LogP contribution in [0.15, 0.2) is 24.3 Å². The number of aliphatic hydroxyl groups excluding tert-OH is 1. The van der Waals surface area contributed by atoms with Gasteiger partial charge in [-0.25, -0.2) is 0 Å². The zero-order valence-electron chi connectivity index (χ0n) is 11.1. The fraction of sp³-hybridized carbons (Fsp3) is 0.500. The molecule has 0 bridgehead atoms. The summed E-state index contributed by atoms with van der Waals surface area (Å²) in [6.45, 7) is 3.12. The minimum Gasteiger partial charge on any atom is -0.497 e. The van der Waals surface area contributed by atoms with Crippen molar-refractivity contribution in [1.82, 2.24) is 4.90 Å². The number of methoxy groups -OCH3 is 1. The molecule has 100 valence electrons. The van der Waals surface area contributed by atoms with Crippen LogP contribution in [0.3, 0.4) is 0 Å². The van der Waals surface area contributed by atoms with Crippen LogP contribution in [-0.2, 0) is 11.2 Å². The van der Waals surface area contributed by atoms with Crippen molar-refractivity contribution < 1.29 is 14.6 Å². The van der Waals surface area contributed by atoms with Crippen LogP contribution in [0.5, 0.6) is 5.75 Å². The first-order valence-electron chi connectivity index (χ1n) is 6.22. The van der Waals surface area contributed by atoms with Crippen LogP contribution in [0.4, 0.5) is 0 Å². The van der Waals surface area contributed by atoms with E-state index in [0.717, 1.165) is 17.7 Å². The molecule has 0 saturated carbocycles. The lowest BCUT2D eigenvalue weighted by atomic mass is 10.1. The zero-order chi connectivity index (χ0) is 13.4. The van der Waals surface area contributed by atoms with E-state index in [4.69, 9.17) is 9.84 Å². The second-order valence-electron chi connectivity index (χ2n) is 4.13. The van der Waals surface area contributed by atoms with Crippen molar-refractivity contribution in [3.05, 3.63) is 29.8 Å². The van der Waals surface area contributed by atoms with Crippen LogP contribution in [0.25, 0.3) is 0 Å². The van der Waals surface area contributed by atoms with Crippen molar-refractivity contribution in [2.24, 2.45) is 0 Å². The molecule has 0 atom stereocenters. The number of aliphatic hydroxyl groups is 1. The molecule has 4 nitrogen and oxygen atoms in total. The van der Waals surface area contributed by atoms with E-state index >= 15 is 0 Å². The number of hydrogen-bond donors (Lipinski definition) is 1. The number of carbonyl (C=O) groups excluding carboxylic acids is 1. The SMILES string of the molecule is CCCN(CCO)C(=O)Cc1ccc(OC)cc1. The second kappa shape index (κ2) is 7.71. The van der Waals surface area contributed by atoms with E-state index in [9.17, 15) is 4.79 Å². The summed E-state index contributed by atoms with van der Waals surface area (Å²) in [4.78, 5) is 13.7. The lowest BCUT2D eigenvalue weighted by Gasteiger charge is -2.21. The highest BCUT2D eigenvalue weighted by molar-refractivity contribution is 5.78. The van der Waals surface area contributed by atoms with Gasteiger partial charge >= 0.3 is 0 Å². The number of benzene rings is 1. The molecule has 0 aromatic heterocycles. The molecule has 0 aliphatic heterocycles. The van der Waals surface area contributed by atoms with Gasteiger partial charge in [0.1, 0.15) is 5.75 Å². The Balaban J connectivity index is 2.60. The number of ether oxygens (including phenoxy) is 1. The summed E-state index contributed by atoms with van der Waals surface area (Å²) >= 11 is 0. The third-order valence-corrected chi connectivity index (χ3v) is 2.73. The Morgan fingerprint density at radius 2 is 1.94 bits per heavy atom. The minimum atomic E-state index is 0.00829. The standard InChI is InChI=1S/C14H21NO3/c1-3-8-15(9-10-16)14(17)11-12-4-6-13(18-2)7-5-12/h4-7,16H,3,8-11H2,1-2H3. The average Bonchev–Trinajstić information content (AvgIpc) is 2.39. The normalized spacial score (nSPS) is 10.2. The molecule has 0 saturated heterocycles. The molecule has 1 rings (SSSR count). The van der Waals surface area contributed by atoms with Gasteiger partial charge in [-0.2, -0.15) is 0 Å². The maximum Gasteiger partial charge on any atom is 0.227 e. The number of carbonyl (C=O) groups is 1. The Morgan fingerprint density at radius 1 is 1.28 bits per heavy atom. The quantitative estimate of drug-likeness (QED) is 0.798. The third-order valence-electron chi connectivity index (χ3n) is 2.73. The topological polar surface area (TPSA) is 49.8 Å². The Morgan fingerprint density at radius 3 is 2.44 bits per heavy atom. The van der Waals surface area contributed by atoms with Crippen molar-refractivity contribution in [3.63, 3.8) is 0 Å². The highest BCUT2D eigenvalue weighted by atomic mass is 16.5. The molecule has 0 aliphatic rings. The summed E-state index contributed by atoms with van der Waals surface area (Å²) in [5, 5.41) is 8.94. The van der Waals surface area contributed by atoms with Gasteiger partial charge in [0.25, 0.3) is 0 Å². The number of nitrogens with zero attached hydrogens (tertiary/aromatic N) is 1. The highest BCUT2D eigenvalue weighted by Crippen LogP contribution is 2.12. The number of rotatable bonds is 7. The smallest absolute Gasteiger partial charge is 0.227 e. The van der Waals surface area contributed by atoms with E-state index in [1.54, 1.807) is 12.0 Å². The molecule has 0 radical (unpaired) electrons.